The molecule has 0 saturated carbocycles. The number of nitrogens with zero attached hydrogens (tertiary/aromatic N) is 3. The maximum absolute atomic E-state index is 12.3. The van der Waals surface area contributed by atoms with E-state index in [2.05, 4.69) is 37.5 Å². The van der Waals surface area contributed by atoms with E-state index in [0.29, 0.717) is 15.9 Å². The summed E-state index contributed by atoms with van der Waals surface area (Å²) >= 11 is 10.8. The quantitative estimate of drug-likeness (QED) is 0.553. The van der Waals surface area contributed by atoms with E-state index in [-0.39, 0.29) is 11.7 Å². The van der Waals surface area contributed by atoms with Crippen LogP contribution in [0.2, 0.25) is 5.02 Å². The smallest absolute Gasteiger partial charge is 0.234 e. The number of halogens is 2. The van der Waals surface area contributed by atoms with Gasteiger partial charge in [0.25, 0.3) is 0 Å². The van der Waals surface area contributed by atoms with Gasteiger partial charge in [0, 0.05) is 10.2 Å². The van der Waals surface area contributed by atoms with Crippen molar-refractivity contribution in [1.82, 2.24) is 14.8 Å². The van der Waals surface area contributed by atoms with Gasteiger partial charge in [-0.1, -0.05) is 51.4 Å². The third kappa shape index (κ3) is 4.47. The lowest BCUT2D eigenvalue weighted by Crippen LogP contribution is -2.15. The first-order valence-electron chi connectivity index (χ1n) is 7.81. The van der Waals surface area contributed by atoms with Crippen molar-refractivity contribution in [1.29, 1.82) is 0 Å². The van der Waals surface area contributed by atoms with Crippen LogP contribution in [0, 0.1) is 13.8 Å². The van der Waals surface area contributed by atoms with Crippen LogP contribution in [-0.4, -0.2) is 26.4 Å². The van der Waals surface area contributed by atoms with Gasteiger partial charge in [-0.3, -0.25) is 9.36 Å². The normalized spacial score (nSPS) is 10.8. The van der Waals surface area contributed by atoms with Crippen molar-refractivity contribution in [2.75, 3.05) is 11.1 Å². The zero-order chi connectivity index (χ0) is 18.7. The fourth-order valence-corrected chi connectivity index (χ4v) is 3.93. The maximum Gasteiger partial charge on any atom is 0.234 e. The van der Waals surface area contributed by atoms with Crippen molar-refractivity contribution < 1.29 is 4.79 Å². The lowest BCUT2D eigenvalue weighted by molar-refractivity contribution is -0.113. The van der Waals surface area contributed by atoms with Crippen molar-refractivity contribution in [3.05, 3.63) is 63.3 Å². The molecule has 134 valence electrons. The van der Waals surface area contributed by atoms with Crippen LogP contribution in [0.25, 0.3) is 5.69 Å². The molecule has 8 heteroatoms. The lowest BCUT2D eigenvalue weighted by atomic mass is 10.2. The van der Waals surface area contributed by atoms with E-state index >= 15 is 0 Å². The summed E-state index contributed by atoms with van der Waals surface area (Å²) in [7, 11) is 0. The predicted molar refractivity (Wildman–Crippen MR) is 109 cm³/mol. The molecule has 0 spiro atoms. The molecule has 0 radical (unpaired) electrons. The van der Waals surface area contributed by atoms with Crippen molar-refractivity contribution >= 4 is 50.9 Å². The van der Waals surface area contributed by atoms with Gasteiger partial charge >= 0.3 is 0 Å². The average molecular weight is 452 g/mol. The molecule has 0 aliphatic heterocycles. The number of carbonyl (C=O) groups excluding carboxylic acids is 1. The Morgan fingerprint density at radius 3 is 2.77 bits per heavy atom. The SMILES string of the molecule is Cc1cccc(-n2c(C)nnc2SCC(=O)Nc2ccc(Br)cc2Cl)c1. The van der Waals surface area contributed by atoms with E-state index in [1.807, 2.05) is 42.7 Å². The number of hydrogen-bond acceptors (Lipinski definition) is 4. The summed E-state index contributed by atoms with van der Waals surface area (Å²) in [5, 5.41) is 12.3. The number of aromatic nitrogens is 3. The predicted octanol–water partition coefficient (Wildman–Crippen LogP) is 5.03. The lowest BCUT2D eigenvalue weighted by Gasteiger charge is -2.10. The third-order valence-corrected chi connectivity index (χ3v) is 5.33. The molecule has 0 aliphatic rings. The van der Waals surface area contributed by atoms with E-state index in [1.54, 1.807) is 12.1 Å². The molecule has 1 amide bonds. The van der Waals surface area contributed by atoms with Crippen LogP contribution in [0.4, 0.5) is 5.69 Å². The van der Waals surface area contributed by atoms with Crippen LogP contribution in [0.5, 0.6) is 0 Å². The van der Waals surface area contributed by atoms with Crippen molar-refractivity contribution in [3.8, 4) is 5.69 Å². The third-order valence-electron chi connectivity index (χ3n) is 3.59. The summed E-state index contributed by atoms with van der Waals surface area (Å²) in [4.78, 5) is 12.3. The second-order valence-electron chi connectivity index (χ2n) is 5.67. The van der Waals surface area contributed by atoms with Crippen LogP contribution in [-0.2, 0) is 4.79 Å². The average Bonchev–Trinajstić information content (AvgIpc) is 2.96. The number of thioether (sulfide) groups is 1. The maximum atomic E-state index is 12.3. The molecule has 0 aliphatic carbocycles. The molecule has 0 unspecified atom stereocenters. The van der Waals surface area contributed by atoms with Crippen molar-refractivity contribution in [2.24, 2.45) is 0 Å². The first-order chi connectivity index (χ1) is 12.4. The number of rotatable bonds is 5. The summed E-state index contributed by atoms with van der Waals surface area (Å²) < 4.78 is 2.80. The standard InChI is InChI=1S/C18H16BrClN4OS/c1-11-4-3-5-14(8-11)24-12(2)22-23-18(24)26-10-17(25)21-16-7-6-13(19)9-15(16)20/h3-9H,10H2,1-2H3,(H,21,25). The molecule has 0 atom stereocenters. The number of nitrogens with one attached hydrogen (secondary N) is 1. The fraction of sp³-hybridized carbons (Fsp3) is 0.167. The van der Waals surface area contributed by atoms with Gasteiger partial charge in [-0.15, -0.1) is 10.2 Å². The number of aryl methyl sites for hydroxylation is 2. The summed E-state index contributed by atoms with van der Waals surface area (Å²) in [5.74, 6) is 0.821. The van der Waals surface area contributed by atoms with Gasteiger partial charge in [-0.25, -0.2) is 0 Å². The molecule has 0 saturated heterocycles. The van der Waals surface area contributed by atoms with Gasteiger partial charge in [0.05, 0.1) is 16.5 Å². The van der Waals surface area contributed by atoms with E-state index in [9.17, 15) is 4.79 Å². The molecule has 26 heavy (non-hydrogen) atoms. The van der Waals surface area contributed by atoms with Gasteiger partial charge in [-0.2, -0.15) is 0 Å². The highest BCUT2D eigenvalue weighted by Crippen LogP contribution is 2.27. The van der Waals surface area contributed by atoms with Crippen LogP contribution < -0.4 is 5.32 Å². The Morgan fingerprint density at radius 1 is 1.23 bits per heavy atom. The molecule has 5 nitrogen and oxygen atoms in total. The molecule has 3 aromatic rings. The second kappa shape index (κ2) is 8.24. The molecule has 0 fully saturated rings. The topological polar surface area (TPSA) is 59.8 Å². The van der Waals surface area contributed by atoms with Gasteiger partial charge < -0.3 is 5.32 Å². The Balaban J connectivity index is 1.71. The van der Waals surface area contributed by atoms with Gasteiger partial charge in [0.1, 0.15) is 5.82 Å². The summed E-state index contributed by atoms with van der Waals surface area (Å²) in [6, 6.07) is 13.4. The largest absolute Gasteiger partial charge is 0.324 e. The Hall–Kier alpha value is -1.83. The van der Waals surface area contributed by atoms with E-state index in [1.165, 1.54) is 11.8 Å². The number of hydrogen-bond donors (Lipinski definition) is 1. The first-order valence-corrected chi connectivity index (χ1v) is 9.96. The van der Waals surface area contributed by atoms with E-state index < -0.39 is 0 Å². The van der Waals surface area contributed by atoms with Crippen molar-refractivity contribution in [3.63, 3.8) is 0 Å². The monoisotopic (exact) mass is 450 g/mol. The van der Waals surface area contributed by atoms with Gasteiger partial charge in [0.2, 0.25) is 5.91 Å². The number of benzene rings is 2. The first kappa shape index (κ1) is 18.9. The van der Waals surface area contributed by atoms with Crippen LogP contribution in [0.1, 0.15) is 11.4 Å². The molecule has 1 heterocycles. The Labute approximate surface area is 169 Å². The fourth-order valence-electron chi connectivity index (χ4n) is 2.41. The Kier molecular flexibility index (Phi) is 6.01. The van der Waals surface area contributed by atoms with Crippen LogP contribution in [0.15, 0.2) is 52.1 Å². The second-order valence-corrected chi connectivity index (χ2v) is 7.93. The highest BCUT2D eigenvalue weighted by atomic mass is 79.9. The Bertz CT molecular complexity index is 960. The minimum Gasteiger partial charge on any atom is -0.324 e. The van der Waals surface area contributed by atoms with E-state index in [4.69, 9.17) is 11.6 Å². The molecular weight excluding hydrogens is 436 g/mol. The summed E-state index contributed by atoms with van der Waals surface area (Å²) in [5.41, 5.74) is 2.71. The number of anilines is 1. The molecule has 1 N–H and O–H groups in total. The molecule has 1 aromatic heterocycles. The number of carbonyl (C=O) groups is 1. The highest BCUT2D eigenvalue weighted by Gasteiger charge is 2.14. The highest BCUT2D eigenvalue weighted by molar-refractivity contribution is 9.10. The zero-order valence-corrected chi connectivity index (χ0v) is 17.3. The van der Waals surface area contributed by atoms with E-state index in [0.717, 1.165) is 21.5 Å². The number of amides is 1. The minimum atomic E-state index is -0.157. The summed E-state index contributed by atoms with van der Waals surface area (Å²) in [6.45, 7) is 3.92. The van der Waals surface area contributed by atoms with Crippen LogP contribution >= 0.6 is 39.3 Å². The zero-order valence-electron chi connectivity index (χ0n) is 14.2. The van der Waals surface area contributed by atoms with Crippen molar-refractivity contribution in [2.45, 2.75) is 19.0 Å². The molecular formula is C18H16BrClN4OS. The molecule has 3 rings (SSSR count). The van der Waals surface area contributed by atoms with Gasteiger partial charge in [0.15, 0.2) is 5.16 Å². The Morgan fingerprint density at radius 2 is 2.04 bits per heavy atom. The summed E-state index contributed by atoms with van der Waals surface area (Å²) in [6.07, 6.45) is 0. The molecule has 0 bridgehead atoms. The minimum absolute atomic E-state index is 0.157. The molecule has 2 aromatic carbocycles. The van der Waals surface area contributed by atoms with Crippen LogP contribution in [0.3, 0.4) is 0 Å². The van der Waals surface area contributed by atoms with Gasteiger partial charge in [-0.05, 0) is 49.7 Å².